The summed E-state index contributed by atoms with van der Waals surface area (Å²) in [5.74, 6) is 0.308. The van der Waals surface area contributed by atoms with Crippen molar-refractivity contribution in [2.75, 3.05) is 6.61 Å². The monoisotopic (exact) mass is 405 g/mol. The first-order chi connectivity index (χ1) is 14.4. The number of carboxylic acids is 1. The average molecular weight is 405 g/mol. The molecule has 0 bridgehead atoms. The minimum atomic E-state index is -0.913. The minimum absolute atomic E-state index is 0.108. The Morgan fingerprint density at radius 1 is 1.20 bits per heavy atom. The molecule has 4 rings (SSSR count). The molecular weight excluding hydrogens is 378 g/mol. The third kappa shape index (κ3) is 4.03. The summed E-state index contributed by atoms with van der Waals surface area (Å²) in [5.41, 5.74) is 6.49. The van der Waals surface area contributed by atoms with E-state index in [9.17, 15) is 9.90 Å². The molecule has 1 heterocycles. The quantitative estimate of drug-likeness (QED) is 0.598. The summed E-state index contributed by atoms with van der Waals surface area (Å²) in [6, 6.07) is 14.2. The normalized spacial score (nSPS) is 16.4. The van der Waals surface area contributed by atoms with Crippen LogP contribution in [0, 0.1) is 20.8 Å². The van der Waals surface area contributed by atoms with Crippen molar-refractivity contribution in [2.45, 2.75) is 52.1 Å². The van der Waals surface area contributed by atoms with Gasteiger partial charge in [-0.1, -0.05) is 30.3 Å². The van der Waals surface area contributed by atoms with Gasteiger partial charge in [-0.15, -0.1) is 0 Å². The van der Waals surface area contributed by atoms with E-state index >= 15 is 0 Å². The van der Waals surface area contributed by atoms with E-state index in [0.29, 0.717) is 12.3 Å². The largest absolute Gasteiger partial charge is 0.479 e. The van der Waals surface area contributed by atoms with Crippen molar-refractivity contribution < 1.29 is 19.1 Å². The number of carboxylic acid groups (broad SMARTS) is 1. The number of fused-ring (bicyclic) bond motifs is 1. The SMILES string of the molecule is Cc1ccc(-c2nc(CCO[C@H](C(=O)O)C3CCc4ccccc43)c(C)o2)cc1C. The van der Waals surface area contributed by atoms with Crippen LogP contribution in [0.2, 0.25) is 0 Å². The van der Waals surface area contributed by atoms with E-state index in [0.717, 1.165) is 35.4 Å². The van der Waals surface area contributed by atoms with Gasteiger partial charge in [0.25, 0.3) is 0 Å². The summed E-state index contributed by atoms with van der Waals surface area (Å²) in [6.45, 7) is 6.31. The Morgan fingerprint density at radius 2 is 2.00 bits per heavy atom. The van der Waals surface area contributed by atoms with Crippen LogP contribution >= 0.6 is 0 Å². The number of aliphatic carboxylic acids is 1. The molecule has 1 unspecified atom stereocenters. The number of aromatic nitrogens is 1. The lowest BCUT2D eigenvalue weighted by atomic mass is 9.95. The molecule has 1 aliphatic rings. The maximum absolute atomic E-state index is 11.9. The van der Waals surface area contributed by atoms with Gasteiger partial charge in [0.05, 0.1) is 12.3 Å². The van der Waals surface area contributed by atoms with Crippen LogP contribution in [0.4, 0.5) is 0 Å². The average Bonchev–Trinajstić information content (AvgIpc) is 3.31. The number of hydrogen-bond donors (Lipinski definition) is 1. The summed E-state index contributed by atoms with van der Waals surface area (Å²) in [7, 11) is 0. The molecular formula is C25H27NO4. The predicted octanol–water partition coefficient (Wildman–Crippen LogP) is 5.01. The van der Waals surface area contributed by atoms with E-state index in [2.05, 4.69) is 37.0 Å². The van der Waals surface area contributed by atoms with Gasteiger partial charge in [0.2, 0.25) is 5.89 Å². The van der Waals surface area contributed by atoms with Crippen LogP contribution in [0.15, 0.2) is 46.9 Å². The molecule has 0 amide bonds. The number of hydrogen-bond acceptors (Lipinski definition) is 4. The van der Waals surface area contributed by atoms with Gasteiger partial charge in [-0.2, -0.15) is 0 Å². The number of nitrogens with zero attached hydrogens (tertiary/aromatic N) is 1. The molecule has 2 atom stereocenters. The zero-order chi connectivity index (χ0) is 21.3. The van der Waals surface area contributed by atoms with Crippen molar-refractivity contribution in [3.05, 3.63) is 76.2 Å². The van der Waals surface area contributed by atoms with E-state index in [4.69, 9.17) is 9.15 Å². The molecule has 1 N–H and O–H groups in total. The molecule has 0 aliphatic heterocycles. The topological polar surface area (TPSA) is 72.6 Å². The highest BCUT2D eigenvalue weighted by atomic mass is 16.5. The molecule has 2 aromatic carbocycles. The second kappa shape index (κ2) is 8.44. The van der Waals surface area contributed by atoms with Crippen molar-refractivity contribution in [3.63, 3.8) is 0 Å². The fraction of sp³-hybridized carbons (Fsp3) is 0.360. The summed E-state index contributed by atoms with van der Waals surface area (Å²) in [4.78, 5) is 16.5. The standard InChI is InChI=1S/C25H27NO4/c1-15-8-9-19(14-16(15)2)24-26-22(17(3)30-24)12-13-29-23(25(27)28)21-11-10-18-6-4-5-7-20(18)21/h4-9,14,21,23H,10-13H2,1-3H3,(H,27,28)/t21?,23-/m0/s1. The lowest BCUT2D eigenvalue weighted by Crippen LogP contribution is -2.31. The molecule has 156 valence electrons. The molecule has 1 aromatic heterocycles. The van der Waals surface area contributed by atoms with Gasteiger partial charge in [0.1, 0.15) is 5.76 Å². The third-order valence-electron chi connectivity index (χ3n) is 6.07. The van der Waals surface area contributed by atoms with Crippen LogP contribution < -0.4 is 0 Å². The van der Waals surface area contributed by atoms with E-state index < -0.39 is 12.1 Å². The minimum Gasteiger partial charge on any atom is -0.479 e. The third-order valence-corrected chi connectivity index (χ3v) is 6.07. The molecule has 5 heteroatoms. The predicted molar refractivity (Wildman–Crippen MR) is 115 cm³/mol. The number of carbonyl (C=O) groups is 1. The van der Waals surface area contributed by atoms with E-state index in [1.807, 2.05) is 31.2 Å². The number of benzene rings is 2. The van der Waals surface area contributed by atoms with E-state index in [1.54, 1.807) is 0 Å². The molecule has 0 spiro atoms. The Morgan fingerprint density at radius 3 is 2.77 bits per heavy atom. The fourth-order valence-electron chi connectivity index (χ4n) is 4.20. The number of rotatable bonds is 7. The van der Waals surface area contributed by atoms with Gasteiger partial charge in [-0.05, 0) is 68.0 Å². The molecule has 3 aromatic rings. The summed E-state index contributed by atoms with van der Waals surface area (Å²) in [6.07, 6.45) is 1.37. The fourth-order valence-corrected chi connectivity index (χ4v) is 4.20. The molecule has 0 saturated heterocycles. The van der Waals surface area contributed by atoms with Gasteiger partial charge < -0.3 is 14.3 Å². The van der Waals surface area contributed by atoms with Crippen molar-refractivity contribution >= 4 is 5.97 Å². The second-order valence-electron chi connectivity index (χ2n) is 8.04. The summed E-state index contributed by atoms with van der Waals surface area (Å²) < 4.78 is 11.7. The van der Waals surface area contributed by atoms with Crippen molar-refractivity contribution in [1.29, 1.82) is 0 Å². The first-order valence-corrected chi connectivity index (χ1v) is 10.4. The Kier molecular flexibility index (Phi) is 5.73. The molecule has 0 radical (unpaired) electrons. The van der Waals surface area contributed by atoms with Crippen LogP contribution in [0.3, 0.4) is 0 Å². The summed E-state index contributed by atoms with van der Waals surface area (Å²) in [5, 5.41) is 9.75. The Hall–Kier alpha value is -2.92. The van der Waals surface area contributed by atoms with Gasteiger partial charge in [0.15, 0.2) is 6.10 Å². The lowest BCUT2D eigenvalue weighted by Gasteiger charge is -2.21. The van der Waals surface area contributed by atoms with Crippen LogP contribution in [0.1, 0.15) is 46.0 Å². The first kappa shape index (κ1) is 20.4. The van der Waals surface area contributed by atoms with E-state index in [-0.39, 0.29) is 12.5 Å². The molecule has 30 heavy (non-hydrogen) atoms. The Balaban J connectivity index is 1.44. The maximum atomic E-state index is 11.9. The van der Waals surface area contributed by atoms with Crippen LogP contribution in [0.25, 0.3) is 11.5 Å². The Bertz CT molecular complexity index is 1070. The number of aryl methyl sites for hydroxylation is 4. The van der Waals surface area contributed by atoms with Gasteiger partial charge >= 0.3 is 5.97 Å². The highest BCUT2D eigenvalue weighted by molar-refractivity contribution is 5.74. The first-order valence-electron chi connectivity index (χ1n) is 10.4. The van der Waals surface area contributed by atoms with E-state index in [1.165, 1.54) is 16.7 Å². The van der Waals surface area contributed by atoms with Crippen molar-refractivity contribution in [3.8, 4) is 11.5 Å². The maximum Gasteiger partial charge on any atom is 0.333 e. The van der Waals surface area contributed by atoms with Crippen LogP contribution in [-0.4, -0.2) is 28.8 Å². The van der Waals surface area contributed by atoms with Crippen molar-refractivity contribution in [2.24, 2.45) is 0 Å². The van der Waals surface area contributed by atoms with Gasteiger partial charge in [0, 0.05) is 17.9 Å². The van der Waals surface area contributed by atoms with Crippen LogP contribution in [0.5, 0.6) is 0 Å². The van der Waals surface area contributed by atoms with Crippen molar-refractivity contribution in [1.82, 2.24) is 4.98 Å². The lowest BCUT2D eigenvalue weighted by molar-refractivity contribution is -0.152. The van der Waals surface area contributed by atoms with Gasteiger partial charge in [-0.25, -0.2) is 9.78 Å². The smallest absolute Gasteiger partial charge is 0.333 e. The zero-order valence-corrected chi connectivity index (χ0v) is 17.6. The Labute approximate surface area is 176 Å². The zero-order valence-electron chi connectivity index (χ0n) is 17.6. The number of oxazole rings is 1. The second-order valence-corrected chi connectivity index (χ2v) is 8.04. The molecule has 1 aliphatic carbocycles. The molecule has 5 nitrogen and oxygen atoms in total. The highest BCUT2D eigenvalue weighted by Crippen LogP contribution is 2.36. The van der Waals surface area contributed by atoms with Gasteiger partial charge in [-0.3, -0.25) is 0 Å². The van der Waals surface area contributed by atoms with Crippen LogP contribution in [-0.2, 0) is 22.4 Å². The number of ether oxygens (including phenoxy) is 1. The summed E-state index contributed by atoms with van der Waals surface area (Å²) >= 11 is 0. The highest BCUT2D eigenvalue weighted by Gasteiger charge is 2.35. The molecule has 0 fully saturated rings. The molecule has 0 saturated carbocycles.